The molecular formula is C9H12N2O2S. The van der Waals surface area contributed by atoms with E-state index >= 15 is 0 Å². The van der Waals surface area contributed by atoms with Crippen molar-refractivity contribution < 1.29 is 9.90 Å². The molecule has 1 aliphatic heterocycles. The first kappa shape index (κ1) is 9.58. The van der Waals surface area contributed by atoms with E-state index in [2.05, 4.69) is 4.98 Å². The predicted octanol–water partition coefficient (Wildman–Crippen LogP) is 0.837. The molecule has 0 saturated carbocycles. The Balaban J connectivity index is 2.33. The summed E-state index contributed by atoms with van der Waals surface area (Å²) in [5.74, 6) is 1.88. The van der Waals surface area contributed by atoms with Gasteiger partial charge in [0.25, 0.3) is 0 Å². The standard InChI is InChI=1S/C9H12N2O2S/c1-11-7-2-3-14-5-6(7)10-8(11)4-9(12)13/h2-5H2,1H3,(H,12,13). The zero-order valence-electron chi connectivity index (χ0n) is 7.99. The summed E-state index contributed by atoms with van der Waals surface area (Å²) >= 11 is 1.86. The van der Waals surface area contributed by atoms with Gasteiger partial charge >= 0.3 is 5.97 Å². The minimum absolute atomic E-state index is 0.0220. The summed E-state index contributed by atoms with van der Waals surface area (Å²) in [5, 5.41) is 8.69. The fourth-order valence-corrected chi connectivity index (χ4v) is 2.61. The van der Waals surface area contributed by atoms with Gasteiger partial charge in [0.2, 0.25) is 0 Å². The number of aromatic nitrogens is 2. The molecule has 0 spiro atoms. The molecule has 2 rings (SSSR count). The van der Waals surface area contributed by atoms with Gasteiger partial charge in [-0.25, -0.2) is 4.98 Å². The Labute approximate surface area is 86.3 Å². The van der Waals surface area contributed by atoms with Crippen LogP contribution in [0.2, 0.25) is 0 Å². The van der Waals surface area contributed by atoms with E-state index in [0.717, 1.165) is 23.6 Å². The van der Waals surface area contributed by atoms with E-state index in [1.807, 2.05) is 23.4 Å². The quantitative estimate of drug-likeness (QED) is 0.789. The molecule has 76 valence electrons. The first-order chi connectivity index (χ1) is 6.68. The van der Waals surface area contributed by atoms with Crippen molar-refractivity contribution in [2.45, 2.75) is 18.6 Å². The maximum Gasteiger partial charge on any atom is 0.311 e. The summed E-state index contributed by atoms with van der Waals surface area (Å²) in [5.41, 5.74) is 2.28. The highest BCUT2D eigenvalue weighted by Gasteiger charge is 2.18. The molecule has 0 amide bonds. The lowest BCUT2D eigenvalue weighted by atomic mass is 10.3. The van der Waals surface area contributed by atoms with Crippen molar-refractivity contribution in [2.24, 2.45) is 7.05 Å². The van der Waals surface area contributed by atoms with Crippen molar-refractivity contribution in [3.05, 3.63) is 17.2 Å². The number of aliphatic carboxylic acids is 1. The summed E-state index contributed by atoms with van der Waals surface area (Å²) < 4.78 is 1.93. The molecule has 0 unspecified atom stereocenters. The molecule has 1 aromatic rings. The second-order valence-electron chi connectivity index (χ2n) is 3.35. The third-order valence-corrected chi connectivity index (χ3v) is 3.39. The van der Waals surface area contributed by atoms with Crippen LogP contribution >= 0.6 is 11.8 Å². The van der Waals surface area contributed by atoms with Crippen molar-refractivity contribution >= 4 is 17.7 Å². The topological polar surface area (TPSA) is 55.1 Å². The largest absolute Gasteiger partial charge is 0.481 e. The minimum Gasteiger partial charge on any atom is -0.481 e. The monoisotopic (exact) mass is 212 g/mol. The highest BCUT2D eigenvalue weighted by molar-refractivity contribution is 7.98. The third kappa shape index (κ3) is 1.64. The van der Waals surface area contributed by atoms with Crippen LogP contribution in [-0.2, 0) is 30.4 Å². The van der Waals surface area contributed by atoms with Gasteiger partial charge in [-0.1, -0.05) is 0 Å². The summed E-state index contributed by atoms with van der Waals surface area (Å²) in [4.78, 5) is 14.9. The normalized spacial score (nSPS) is 15.2. The van der Waals surface area contributed by atoms with Crippen LogP contribution in [0.3, 0.4) is 0 Å². The van der Waals surface area contributed by atoms with E-state index in [0.29, 0.717) is 5.82 Å². The highest BCUT2D eigenvalue weighted by Crippen LogP contribution is 2.24. The number of rotatable bonds is 2. The van der Waals surface area contributed by atoms with Crippen molar-refractivity contribution in [1.29, 1.82) is 0 Å². The molecule has 5 heteroatoms. The van der Waals surface area contributed by atoms with Gasteiger partial charge in [-0.2, -0.15) is 11.8 Å². The molecule has 0 aromatic carbocycles. The van der Waals surface area contributed by atoms with Crippen molar-refractivity contribution in [3.8, 4) is 0 Å². The summed E-state index contributed by atoms with van der Waals surface area (Å²) in [6, 6.07) is 0. The van der Waals surface area contributed by atoms with Gasteiger partial charge in [0, 0.05) is 18.5 Å². The van der Waals surface area contributed by atoms with Crippen LogP contribution in [0.4, 0.5) is 0 Å². The number of fused-ring (bicyclic) bond motifs is 1. The maximum atomic E-state index is 10.6. The van der Waals surface area contributed by atoms with E-state index in [-0.39, 0.29) is 6.42 Å². The predicted molar refractivity (Wildman–Crippen MR) is 54.4 cm³/mol. The average Bonchev–Trinajstić information content (AvgIpc) is 2.44. The minimum atomic E-state index is -0.817. The number of carboxylic acids is 1. The second-order valence-corrected chi connectivity index (χ2v) is 4.46. The Morgan fingerprint density at radius 1 is 1.71 bits per heavy atom. The Hall–Kier alpha value is -0.970. The number of nitrogens with zero attached hydrogens (tertiary/aromatic N) is 2. The van der Waals surface area contributed by atoms with E-state index in [1.54, 1.807) is 0 Å². The van der Waals surface area contributed by atoms with Crippen LogP contribution in [-0.4, -0.2) is 26.4 Å². The van der Waals surface area contributed by atoms with E-state index in [9.17, 15) is 4.79 Å². The summed E-state index contributed by atoms with van der Waals surface area (Å²) in [7, 11) is 1.90. The molecule has 1 aliphatic rings. The molecule has 14 heavy (non-hydrogen) atoms. The van der Waals surface area contributed by atoms with E-state index in [1.165, 1.54) is 5.69 Å². The number of hydrogen-bond acceptors (Lipinski definition) is 3. The maximum absolute atomic E-state index is 10.6. The first-order valence-electron chi connectivity index (χ1n) is 4.51. The molecule has 2 heterocycles. The highest BCUT2D eigenvalue weighted by atomic mass is 32.2. The van der Waals surface area contributed by atoms with Gasteiger partial charge in [0.15, 0.2) is 0 Å². The Morgan fingerprint density at radius 3 is 3.14 bits per heavy atom. The third-order valence-electron chi connectivity index (χ3n) is 2.42. The van der Waals surface area contributed by atoms with Gasteiger partial charge in [0.1, 0.15) is 12.2 Å². The molecule has 4 nitrogen and oxygen atoms in total. The van der Waals surface area contributed by atoms with Gasteiger partial charge < -0.3 is 9.67 Å². The van der Waals surface area contributed by atoms with Crippen LogP contribution in [0.5, 0.6) is 0 Å². The lowest BCUT2D eigenvalue weighted by Crippen LogP contribution is -2.09. The average molecular weight is 212 g/mol. The molecule has 1 aromatic heterocycles. The van der Waals surface area contributed by atoms with Crippen LogP contribution < -0.4 is 0 Å². The van der Waals surface area contributed by atoms with Crippen LogP contribution in [0.15, 0.2) is 0 Å². The molecule has 0 bridgehead atoms. The fourth-order valence-electron chi connectivity index (χ4n) is 1.70. The Kier molecular flexibility index (Phi) is 2.50. The number of carbonyl (C=O) groups is 1. The number of imidazole rings is 1. The number of carboxylic acid groups (broad SMARTS) is 1. The molecule has 0 radical (unpaired) electrons. The zero-order chi connectivity index (χ0) is 10.1. The molecule has 0 saturated heterocycles. The molecule has 0 atom stereocenters. The van der Waals surface area contributed by atoms with E-state index < -0.39 is 5.97 Å². The zero-order valence-corrected chi connectivity index (χ0v) is 8.80. The van der Waals surface area contributed by atoms with Crippen LogP contribution in [0, 0.1) is 0 Å². The Bertz CT molecular complexity index is 373. The van der Waals surface area contributed by atoms with Crippen molar-refractivity contribution in [1.82, 2.24) is 9.55 Å². The second kappa shape index (κ2) is 3.65. The van der Waals surface area contributed by atoms with Crippen LogP contribution in [0.1, 0.15) is 17.2 Å². The van der Waals surface area contributed by atoms with Gasteiger partial charge in [-0.05, 0) is 12.2 Å². The van der Waals surface area contributed by atoms with E-state index in [4.69, 9.17) is 5.11 Å². The smallest absolute Gasteiger partial charge is 0.311 e. The number of thioether (sulfide) groups is 1. The number of hydrogen-bond donors (Lipinski definition) is 1. The lowest BCUT2D eigenvalue weighted by Gasteiger charge is -2.10. The molecule has 0 fully saturated rings. The molecule has 0 aliphatic carbocycles. The fraction of sp³-hybridized carbons (Fsp3) is 0.556. The van der Waals surface area contributed by atoms with Gasteiger partial charge in [-0.3, -0.25) is 4.79 Å². The SMILES string of the molecule is Cn1c(CC(=O)O)nc2c1CCSC2. The lowest BCUT2D eigenvalue weighted by molar-refractivity contribution is -0.136. The first-order valence-corrected chi connectivity index (χ1v) is 5.67. The van der Waals surface area contributed by atoms with Gasteiger partial charge in [-0.15, -0.1) is 0 Å². The van der Waals surface area contributed by atoms with Gasteiger partial charge in [0.05, 0.1) is 5.69 Å². The van der Waals surface area contributed by atoms with Crippen LogP contribution in [0.25, 0.3) is 0 Å². The van der Waals surface area contributed by atoms with Crippen molar-refractivity contribution in [3.63, 3.8) is 0 Å². The summed E-state index contributed by atoms with van der Waals surface area (Å²) in [6.45, 7) is 0. The molecular weight excluding hydrogens is 200 g/mol. The van der Waals surface area contributed by atoms with Crippen molar-refractivity contribution in [2.75, 3.05) is 5.75 Å². The molecule has 1 N–H and O–H groups in total. The Morgan fingerprint density at radius 2 is 2.50 bits per heavy atom. The summed E-state index contributed by atoms with van der Waals surface area (Å²) in [6.07, 6.45) is 1.03.